The maximum absolute atomic E-state index is 10.7. The van der Waals surface area contributed by atoms with E-state index in [-0.39, 0.29) is 0 Å². The van der Waals surface area contributed by atoms with Crippen molar-refractivity contribution in [3.05, 3.63) is 0 Å². The second-order valence-electron chi connectivity index (χ2n) is 2.42. The maximum Gasteiger partial charge on any atom is 0.285 e. The minimum absolute atomic E-state index is 0.914. The van der Waals surface area contributed by atoms with Gasteiger partial charge in [-0.1, -0.05) is 0 Å². The normalized spacial score (nSPS) is 10.6. The lowest BCUT2D eigenvalue weighted by molar-refractivity contribution is -0.139. The molecule has 0 aliphatic carbocycles. The number of hydrogen-bond acceptors (Lipinski definition) is 3. The van der Waals surface area contributed by atoms with Gasteiger partial charge in [0.15, 0.2) is 0 Å². The zero-order chi connectivity index (χ0) is 8.36. The Morgan fingerprint density at radius 3 is 1.90 bits per heavy atom. The third kappa shape index (κ3) is 1.65. The zero-order valence-electron chi connectivity index (χ0n) is 5.80. The summed E-state index contributed by atoms with van der Waals surface area (Å²) >= 11 is 0. The third-order valence-corrected chi connectivity index (χ3v) is 1.05. The van der Waals surface area contributed by atoms with Crippen molar-refractivity contribution in [2.45, 2.75) is 13.8 Å². The lowest BCUT2D eigenvalue weighted by atomic mass is 9.90. The standard InChI is InChI=1S/C6H8NO3/c1-6(2,3-8)4(9)5(7)10/h1-2H3,(H2,7,10). The van der Waals surface area contributed by atoms with Gasteiger partial charge in [0, 0.05) is 0 Å². The lowest BCUT2D eigenvalue weighted by Gasteiger charge is -2.09. The first kappa shape index (κ1) is 8.81. The van der Waals surface area contributed by atoms with E-state index in [4.69, 9.17) is 0 Å². The molecule has 0 spiro atoms. The lowest BCUT2D eigenvalue weighted by Crippen LogP contribution is -2.36. The van der Waals surface area contributed by atoms with Crippen molar-refractivity contribution in [3.63, 3.8) is 0 Å². The molecule has 0 aromatic heterocycles. The van der Waals surface area contributed by atoms with E-state index in [1.807, 2.05) is 0 Å². The number of Topliss-reactive ketones (excluding diaryl/α,β-unsaturated/α-hetero) is 1. The number of carbonyl (C=O) groups excluding carboxylic acids is 3. The Bertz CT molecular complexity index is 183. The summed E-state index contributed by atoms with van der Waals surface area (Å²) in [6, 6.07) is 0. The van der Waals surface area contributed by atoms with Crippen LogP contribution in [0.5, 0.6) is 0 Å². The predicted octanol–water partition coefficient (Wildman–Crippen LogP) is -0.823. The smallest absolute Gasteiger partial charge is 0.285 e. The Morgan fingerprint density at radius 1 is 1.40 bits per heavy atom. The molecule has 0 atom stereocenters. The highest BCUT2D eigenvalue weighted by Gasteiger charge is 2.31. The Balaban J connectivity index is 4.49. The topological polar surface area (TPSA) is 77.2 Å². The number of nitrogens with two attached hydrogens (primary N) is 1. The summed E-state index contributed by atoms with van der Waals surface area (Å²) < 4.78 is 0. The number of amides is 1. The van der Waals surface area contributed by atoms with E-state index in [0.717, 1.165) is 0 Å². The fraction of sp³-hybridized carbons (Fsp3) is 0.500. The summed E-state index contributed by atoms with van der Waals surface area (Å²) in [6.07, 6.45) is 1.42. The molecule has 0 bridgehead atoms. The molecule has 4 nitrogen and oxygen atoms in total. The summed E-state index contributed by atoms with van der Waals surface area (Å²) in [5.74, 6) is -2.02. The van der Waals surface area contributed by atoms with Gasteiger partial charge in [0.05, 0.1) is 5.41 Å². The summed E-state index contributed by atoms with van der Waals surface area (Å²) in [5.41, 5.74) is 3.23. The fourth-order valence-corrected chi connectivity index (χ4v) is 0.354. The van der Waals surface area contributed by atoms with Crippen LogP contribution in [0, 0.1) is 5.41 Å². The van der Waals surface area contributed by atoms with Crippen molar-refractivity contribution in [2.75, 3.05) is 0 Å². The van der Waals surface area contributed by atoms with E-state index in [2.05, 4.69) is 5.73 Å². The summed E-state index contributed by atoms with van der Waals surface area (Å²) in [4.78, 5) is 30.9. The molecule has 0 aliphatic rings. The van der Waals surface area contributed by atoms with Crippen LogP contribution >= 0.6 is 0 Å². The van der Waals surface area contributed by atoms with Crippen LogP contribution in [0.15, 0.2) is 0 Å². The molecule has 1 amide bonds. The van der Waals surface area contributed by atoms with Crippen LogP contribution in [-0.2, 0) is 14.4 Å². The second-order valence-corrected chi connectivity index (χ2v) is 2.42. The second kappa shape index (κ2) is 2.60. The van der Waals surface area contributed by atoms with Crippen LogP contribution in [0.1, 0.15) is 13.8 Å². The van der Waals surface area contributed by atoms with Crippen molar-refractivity contribution in [1.82, 2.24) is 0 Å². The van der Waals surface area contributed by atoms with Gasteiger partial charge >= 0.3 is 0 Å². The van der Waals surface area contributed by atoms with E-state index >= 15 is 0 Å². The Labute approximate surface area is 58.4 Å². The summed E-state index contributed by atoms with van der Waals surface area (Å²) in [5, 5.41) is 0. The Hall–Kier alpha value is -1.19. The zero-order valence-corrected chi connectivity index (χ0v) is 5.80. The summed E-state index contributed by atoms with van der Waals surface area (Å²) in [7, 11) is 0. The van der Waals surface area contributed by atoms with E-state index in [1.165, 1.54) is 20.1 Å². The van der Waals surface area contributed by atoms with E-state index in [9.17, 15) is 14.4 Å². The van der Waals surface area contributed by atoms with Crippen LogP contribution in [0.2, 0.25) is 0 Å². The van der Waals surface area contributed by atoms with Gasteiger partial charge in [-0.15, -0.1) is 0 Å². The van der Waals surface area contributed by atoms with Crippen LogP contribution in [0.4, 0.5) is 0 Å². The van der Waals surface area contributed by atoms with E-state index in [0.29, 0.717) is 0 Å². The molecule has 0 unspecified atom stereocenters. The van der Waals surface area contributed by atoms with Crippen LogP contribution in [0.25, 0.3) is 0 Å². The number of ketones is 1. The number of hydrogen-bond donors (Lipinski definition) is 1. The fourth-order valence-electron chi connectivity index (χ4n) is 0.354. The molecule has 0 aromatic rings. The van der Waals surface area contributed by atoms with Crippen LogP contribution < -0.4 is 5.73 Å². The number of carbonyl (C=O) groups is 2. The molecule has 0 aliphatic heterocycles. The monoisotopic (exact) mass is 142 g/mol. The van der Waals surface area contributed by atoms with Gasteiger partial charge < -0.3 is 5.73 Å². The maximum atomic E-state index is 10.7. The van der Waals surface area contributed by atoms with Crippen LogP contribution in [-0.4, -0.2) is 18.0 Å². The molecular formula is C6H8NO3. The molecule has 0 fully saturated rings. The van der Waals surface area contributed by atoms with Gasteiger partial charge in [-0.05, 0) is 13.8 Å². The molecule has 4 heteroatoms. The third-order valence-electron chi connectivity index (χ3n) is 1.05. The van der Waals surface area contributed by atoms with Gasteiger partial charge in [0.25, 0.3) is 5.91 Å². The predicted molar refractivity (Wildman–Crippen MR) is 33.7 cm³/mol. The minimum atomic E-state index is -1.40. The van der Waals surface area contributed by atoms with Gasteiger partial charge in [-0.2, -0.15) is 0 Å². The molecule has 0 aromatic carbocycles. The first-order valence-electron chi connectivity index (χ1n) is 2.65. The first-order valence-corrected chi connectivity index (χ1v) is 2.65. The molecule has 1 radical (unpaired) electrons. The van der Waals surface area contributed by atoms with Crippen molar-refractivity contribution in [3.8, 4) is 0 Å². The molecule has 0 saturated carbocycles. The molecule has 0 rings (SSSR count). The van der Waals surface area contributed by atoms with E-state index < -0.39 is 17.1 Å². The van der Waals surface area contributed by atoms with Gasteiger partial charge in [-0.25, -0.2) is 0 Å². The largest absolute Gasteiger partial charge is 0.363 e. The molecule has 0 heterocycles. The van der Waals surface area contributed by atoms with Gasteiger partial charge in [-0.3, -0.25) is 14.4 Å². The van der Waals surface area contributed by atoms with E-state index in [1.54, 1.807) is 0 Å². The van der Waals surface area contributed by atoms with Crippen molar-refractivity contribution >= 4 is 18.0 Å². The highest BCUT2D eigenvalue weighted by molar-refractivity contribution is 6.40. The van der Waals surface area contributed by atoms with Gasteiger partial charge in [0.2, 0.25) is 12.1 Å². The van der Waals surface area contributed by atoms with Crippen molar-refractivity contribution in [1.29, 1.82) is 0 Å². The highest BCUT2D eigenvalue weighted by Crippen LogP contribution is 2.11. The number of primary amides is 1. The molecule has 2 N–H and O–H groups in total. The molecule has 10 heavy (non-hydrogen) atoms. The average Bonchev–Trinajstić information content (AvgIpc) is 1.86. The van der Waals surface area contributed by atoms with Gasteiger partial charge in [0.1, 0.15) is 0 Å². The Kier molecular flexibility index (Phi) is 2.29. The quantitative estimate of drug-likeness (QED) is 0.413. The molecular weight excluding hydrogens is 134 g/mol. The SMILES string of the molecule is CC(C)([C]=O)C(=O)C(N)=O. The Morgan fingerprint density at radius 2 is 1.80 bits per heavy atom. The highest BCUT2D eigenvalue weighted by atomic mass is 16.2. The van der Waals surface area contributed by atoms with Crippen LogP contribution in [0.3, 0.4) is 0 Å². The molecule has 0 saturated heterocycles. The minimum Gasteiger partial charge on any atom is -0.363 e. The summed E-state index contributed by atoms with van der Waals surface area (Å²) in [6.45, 7) is 2.57. The number of rotatable bonds is 3. The van der Waals surface area contributed by atoms with Crippen molar-refractivity contribution in [2.24, 2.45) is 11.1 Å². The molecule has 55 valence electrons. The average molecular weight is 142 g/mol. The first-order chi connectivity index (χ1) is 4.41. The van der Waals surface area contributed by atoms with Crippen molar-refractivity contribution < 1.29 is 14.4 Å².